The van der Waals surface area contributed by atoms with E-state index in [-0.39, 0.29) is 5.91 Å². The molecule has 2 N–H and O–H groups in total. The Morgan fingerprint density at radius 3 is 2.07 bits per heavy atom. The minimum Gasteiger partial charge on any atom is -0.410 e. The second kappa shape index (κ2) is 9.20. The summed E-state index contributed by atoms with van der Waals surface area (Å²) in [6, 6.07) is 25.4. The van der Waals surface area contributed by atoms with Gasteiger partial charge in [0, 0.05) is 17.8 Å². The molecule has 0 saturated carbocycles. The van der Waals surface area contributed by atoms with Gasteiger partial charge in [0.15, 0.2) is 0 Å². The Hall–Kier alpha value is -3.60. The molecule has 0 atom stereocenters. The third-order valence-corrected chi connectivity index (χ3v) is 3.89. The molecule has 0 aliphatic rings. The monoisotopic (exact) mass is 360 g/mol. The number of carbonyl (C=O) groups is 2. The average Bonchev–Trinajstić information content (AvgIpc) is 2.70. The summed E-state index contributed by atoms with van der Waals surface area (Å²) in [5.74, 6) is 0.401. The van der Waals surface area contributed by atoms with Crippen LogP contribution in [0.15, 0.2) is 84.9 Å². The van der Waals surface area contributed by atoms with Crippen LogP contribution >= 0.6 is 0 Å². The molecule has 0 heterocycles. The van der Waals surface area contributed by atoms with E-state index in [0.717, 1.165) is 5.56 Å². The summed E-state index contributed by atoms with van der Waals surface area (Å²) < 4.78 is 5.18. The van der Waals surface area contributed by atoms with Crippen molar-refractivity contribution in [2.75, 3.05) is 11.9 Å². The van der Waals surface area contributed by atoms with E-state index in [4.69, 9.17) is 4.74 Å². The smallest absolute Gasteiger partial charge is 0.410 e. The fourth-order valence-corrected chi connectivity index (χ4v) is 2.51. The van der Waals surface area contributed by atoms with Crippen molar-refractivity contribution in [3.63, 3.8) is 0 Å². The topological polar surface area (TPSA) is 67.4 Å². The molecule has 5 heteroatoms. The van der Waals surface area contributed by atoms with Gasteiger partial charge in [0.05, 0.1) is 0 Å². The number of amides is 2. The summed E-state index contributed by atoms with van der Waals surface area (Å²) in [5.41, 5.74) is 2.35. The lowest BCUT2D eigenvalue weighted by Crippen LogP contribution is -2.25. The maximum Gasteiger partial charge on any atom is 0.417 e. The van der Waals surface area contributed by atoms with Gasteiger partial charge in [-0.25, -0.2) is 4.79 Å². The molecule has 0 aromatic heterocycles. The minimum atomic E-state index is -0.538. The van der Waals surface area contributed by atoms with E-state index in [2.05, 4.69) is 10.6 Å². The minimum absolute atomic E-state index is 0.0856. The van der Waals surface area contributed by atoms with Crippen LogP contribution in [0.1, 0.15) is 15.9 Å². The highest BCUT2D eigenvalue weighted by Crippen LogP contribution is 2.13. The van der Waals surface area contributed by atoms with Crippen molar-refractivity contribution in [2.45, 2.75) is 6.42 Å². The predicted molar refractivity (Wildman–Crippen MR) is 105 cm³/mol. The molecule has 0 spiro atoms. The Bertz CT molecular complexity index is 878. The van der Waals surface area contributed by atoms with Crippen LogP contribution in [0.5, 0.6) is 5.75 Å². The Balaban J connectivity index is 1.44. The lowest BCUT2D eigenvalue weighted by atomic mass is 10.1. The summed E-state index contributed by atoms with van der Waals surface area (Å²) in [5, 5.41) is 5.58. The van der Waals surface area contributed by atoms with Crippen LogP contribution in [0, 0.1) is 0 Å². The lowest BCUT2D eigenvalue weighted by Gasteiger charge is -2.08. The third-order valence-electron chi connectivity index (χ3n) is 3.89. The van der Waals surface area contributed by atoms with Crippen LogP contribution in [0.2, 0.25) is 0 Å². The maximum atomic E-state index is 12.0. The van der Waals surface area contributed by atoms with E-state index < -0.39 is 6.09 Å². The highest BCUT2D eigenvalue weighted by Gasteiger charge is 2.06. The molecular formula is C22H20N2O3. The summed E-state index contributed by atoms with van der Waals surface area (Å²) in [4.78, 5) is 23.9. The number of carbonyl (C=O) groups excluding carboxylic acids is 2. The molecule has 0 unspecified atom stereocenters. The maximum absolute atomic E-state index is 12.0. The quantitative estimate of drug-likeness (QED) is 0.690. The fourth-order valence-electron chi connectivity index (χ4n) is 2.51. The number of ether oxygens (including phenoxy) is 1. The molecule has 0 saturated heterocycles. The first-order valence-electron chi connectivity index (χ1n) is 8.67. The van der Waals surface area contributed by atoms with Gasteiger partial charge in [0.2, 0.25) is 0 Å². The molecule has 0 aliphatic heterocycles. The second-order valence-electron chi connectivity index (χ2n) is 5.90. The van der Waals surface area contributed by atoms with Crippen molar-refractivity contribution >= 4 is 17.7 Å². The zero-order valence-electron chi connectivity index (χ0n) is 14.7. The van der Waals surface area contributed by atoms with Crippen molar-refractivity contribution in [1.29, 1.82) is 0 Å². The molecule has 3 aromatic rings. The Kier molecular flexibility index (Phi) is 6.20. The van der Waals surface area contributed by atoms with E-state index >= 15 is 0 Å². The van der Waals surface area contributed by atoms with Gasteiger partial charge in [0.25, 0.3) is 5.91 Å². The van der Waals surface area contributed by atoms with Crippen LogP contribution in [-0.4, -0.2) is 18.5 Å². The van der Waals surface area contributed by atoms with E-state index in [1.165, 1.54) is 0 Å². The van der Waals surface area contributed by atoms with Crippen molar-refractivity contribution in [3.8, 4) is 5.75 Å². The number of hydrogen-bond acceptors (Lipinski definition) is 3. The van der Waals surface area contributed by atoms with Crippen molar-refractivity contribution < 1.29 is 14.3 Å². The number of hydrogen-bond donors (Lipinski definition) is 2. The summed E-state index contributed by atoms with van der Waals surface area (Å²) >= 11 is 0. The SMILES string of the molecule is O=C(Nc1ccc(CCNC(=O)c2ccccc2)cc1)Oc1ccccc1. The Morgan fingerprint density at radius 2 is 1.41 bits per heavy atom. The van der Waals surface area contributed by atoms with Gasteiger partial charge in [-0.3, -0.25) is 10.1 Å². The van der Waals surface area contributed by atoms with Crippen molar-refractivity contribution in [2.24, 2.45) is 0 Å². The lowest BCUT2D eigenvalue weighted by molar-refractivity contribution is 0.0954. The van der Waals surface area contributed by atoms with Crippen molar-refractivity contribution in [3.05, 3.63) is 96.1 Å². The van der Waals surface area contributed by atoms with Gasteiger partial charge in [-0.1, -0.05) is 48.5 Å². The fraction of sp³-hybridized carbons (Fsp3) is 0.0909. The molecule has 0 bridgehead atoms. The van der Waals surface area contributed by atoms with E-state index in [1.807, 2.05) is 36.4 Å². The van der Waals surface area contributed by atoms with E-state index in [0.29, 0.717) is 30.0 Å². The van der Waals surface area contributed by atoms with E-state index in [1.54, 1.807) is 48.5 Å². The highest BCUT2D eigenvalue weighted by molar-refractivity contribution is 5.94. The molecule has 136 valence electrons. The van der Waals surface area contributed by atoms with Crippen LogP contribution in [0.4, 0.5) is 10.5 Å². The summed E-state index contributed by atoms with van der Waals surface area (Å²) in [6.07, 6.45) is 0.164. The van der Waals surface area contributed by atoms with Crippen LogP contribution in [0.3, 0.4) is 0 Å². The van der Waals surface area contributed by atoms with Crippen LogP contribution in [-0.2, 0) is 6.42 Å². The first-order chi connectivity index (χ1) is 13.2. The molecule has 0 aliphatic carbocycles. The zero-order chi connectivity index (χ0) is 18.9. The molecule has 0 fully saturated rings. The second-order valence-corrected chi connectivity index (χ2v) is 5.90. The molecule has 3 rings (SSSR count). The first-order valence-corrected chi connectivity index (χ1v) is 8.67. The van der Waals surface area contributed by atoms with E-state index in [9.17, 15) is 9.59 Å². The highest BCUT2D eigenvalue weighted by atomic mass is 16.6. The van der Waals surface area contributed by atoms with Gasteiger partial charge in [-0.2, -0.15) is 0 Å². The molecule has 5 nitrogen and oxygen atoms in total. The third kappa shape index (κ3) is 5.71. The van der Waals surface area contributed by atoms with Crippen molar-refractivity contribution in [1.82, 2.24) is 5.32 Å². The molecule has 3 aromatic carbocycles. The number of nitrogens with one attached hydrogen (secondary N) is 2. The van der Waals surface area contributed by atoms with Crippen LogP contribution < -0.4 is 15.4 Å². The molecule has 0 radical (unpaired) electrons. The van der Waals surface area contributed by atoms with Gasteiger partial charge in [-0.15, -0.1) is 0 Å². The molecule has 2 amide bonds. The summed E-state index contributed by atoms with van der Waals surface area (Å²) in [6.45, 7) is 0.538. The van der Waals surface area contributed by atoms with Gasteiger partial charge >= 0.3 is 6.09 Å². The normalized spacial score (nSPS) is 10.1. The Morgan fingerprint density at radius 1 is 0.778 bits per heavy atom. The largest absolute Gasteiger partial charge is 0.417 e. The van der Waals surface area contributed by atoms with Crippen LogP contribution in [0.25, 0.3) is 0 Å². The van der Waals surface area contributed by atoms with Gasteiger partial charge < -0.3 is 10.1 Å². The number of para-hydroxylation sites is 1. The van der Waals surface area contributed by atoms with Gasteiger partial charge in [0.1, 0.15) is 5.75 Å². The molecule has 27 heavy (non-hydrogen) atoms. The average molecular weight is 360 g/mol. The Labute approximate surface area is 158 Å². The first kappa shape index (κ1) is 18.2. The predicted octanol–water partition coefficient (Wildman–Crippen LogP) is 4.27. The molecular weight excluding hydrogens is 340 g/mol. The zero-order valence-corrected chi connectivity index (χ0v) is 14.7. The van der Waals surface area contributed by atoms with Gasteiger partial charge in [-0.05, 0) is 48.4 Å². The summed E-state index contributed by atoms with van der Waals surface area (Å²) in [7, 11) is 0. The number of anilines is 1. The number of benzene rings is 3. The standard InChI is InChI=1S/C22H20N2O3/c25-21(18-7-3-1-4-8-18)23-16-15-17-11-13-19(14-12-17)24-22(26)27-20-9-5-2-6-10-20/h1-14H,15-16H2,(H,23,25)(H,24,26). The number of rotatable bonds is 6.